The highest BCUT2D eigenvalue weighted by molar-refractivity contribution is 7.99. The van der Waals surface area contributed by atoms with Crippen LogP contribution in [0, 0.1) is 5.82 Å². The Balaban J connectivity index is 2.40. The van der Waals surface area contributed by atoms with Gasteiger partial charge in [0.15, 0.2) is 0 Å². The predicted molar refractivity (Wildman–Crippen MR) is 67.8 cm³/mol. The first-order valence-corrected chi connectivity index (χ1v) is 6.33. The highest BCUT2D eigenvalue weighted by Gasteiger charge is 2.11. The van der Waals surface area contributed by atoms with Crippen LogP contribution in [0.5, 0.6) is 0 Å². The monoisotopic (exact) mass is 247 g/mol. The summed E-state index contributed by atoms with van der Waals surface area (Å²) >= 11 is 1.66. The van der Waals surface area contributed by atoms with Crippen molar-refractivity contribution < 1.29 is 4.39 Å². The average Bonchev–Trinajstić information content (AvgIpc) is 2.67. The molecule has 0 atom stereocenters. The molecule has 0 aliphatic carbocycles. The number of H-pyrrole nitrogens is 1. The minimum absolute atomic E-state index is 0.248. The van der Waals surface area contributed by atoms with E-state index in [1.54, 1.807) is 17.8 Å². The fourth-order valence-electron chi connectivity index (χ4n) is 1.92. The van der Waals surface area contributed by atoms with E-state index in [-0.39, 0.29) is 5.82 Å². The van der Waals surface area contributed by atoms with Crippen molar-refractivity contribution in [3.8, 4) is 0 Å². The number of hydrogen-bond acceptors (Lipinski definition) is 3. The van der Waals surface area contributed by atoms with Crippen molar-refractivity contribution in [3.05, 3.63) is 30.3 Å². The van der Waals surface area contributed by atoms with Gasteiger partial charge in [-0.15, -0.1) is 11.8 Å². The van der Waals surface area contributed by atoms with Gasteiger partial charge in [-0.25, -0.2) is 14.4 Å². The zero-order valence-corrected chi connectivity index (χ0v) is 10.0. The molecule has 0 unspecified atom stereocenters. The minimum Gasteiger partial charge on any atom is -0.339 e. The van der Waals surface area contributed by atoms with E-state index in [1.807, 2.05) is 0 Å². The Hall–Kier alpha value is -1.62. The third-order valence-corrected chi connectivity index (χ3v) is 3.47. The molecule has 3 nitrogen and oxygen atoms in total. The van der Waals surface area contributed by atoms with Crippen LogP contribution in [0.3, 0.4) is 0 Å². The second kappa shape index (κ2) is 4.00. The summed E-state index contributed by atoms with van der Waals surface area (Å²) in [5.74, 6) is 0.696. The van der Waals surface area contributed by atoms with Crippen LogP contribution < -0.4 is 0 Å². The maximum Gasteiger partial charge on any atom is 0.142 e. The van der Waals surface area contributed by atoms with Gasteiger partial charge in [-0.3, -0.25) is 0 Å². The topological polar surface area (TPSA) is 41.6 Å². The van der Waals surface area contributed by atoms with Gasteiger partial charge in [-0.05, 0) is 24.0 Å². The molecular formula is C12H10FN3S. The normalized spacial score (nSPS) is 11.4. The minimum atomic E-state index is -0.248. The molecule has 0 bridgehead atoms. The quantitative estimate of drug-likeness (QED) is 0.557. The van der Waals surface area contributed by atoms with Gasteiger partial charge in [0.2, 0.25) is 0 Å². The zero-order chi connectivity index (χ0) is 11.8. The maximum absolute atomic E-state index is 13.2. The molecule has 0 saturated carbocycles. The number of hydrogen-bond donors (Lipinski definition) is 1. The molecule has 0 fully saturated rings. The summed E-state index contributed by atoms with van der Waals surface area (Å²) in [4.78, 5) is 11.6. The Morgan fingerprint density at radius 2 is 2.24 bits per heavy atom. The van der Waals surface area contributed by atoms with Crippen molar-refractivity contribution in [2.24, 2.45) is 0 Å². The molecule has 86 valence electrons. The Kier molecular flexibility index (Phi) is 2.48. The highest BCUT2D eigenvalue weighted by Crippen LogP contribution is 2.31. The molecule has 2 aromatic heterocycles. The molecule has 0 saturated heterocycles. The molecule has 1 N–H and O–H groups in total. The van der Waals surface area contributed by atoms with Crippen LogP contribution in [-0.4, -0.2) is 20.7 Å². The zero-order valence-electron chi connectivity index (χ0n) is 9.20. The molecule has 17 heavy (non-hydrogen) atoms. The van der Waals surface area contributed by atoms with Gasteiger partial charge < -0.3 is 4.98 Å². The summed E-state index contributed by atoms with van der Waals surface area (Å²) < 4.78 is 13.2. The molecule has 2 heterocycles. The number of nitrogens with one attached hydrogen (secondary N) is 1. The van der Waals surface area contributed by atoms with E-state index in [4.69, 9.17) is 0 Å². The summed E-state index contributed by atoms with van der Waals surface area (Å²) in [6, 6.07) is 4.72. The van der Waals surface area contributed by atoms with Crippen LogP contribution in [0.25, 0.3) is 21.9 Å². The van der Waals surface area contributed by atoms with Gasteiger partial charge in [0.25, 0.3) is 0 Å². The lowest BCUT2D eigenvalue weighted by Gasteiger charge is -1.99. The standard InChI is InChI=1S/C12H10FN3S/c1-2-17-12-10-8-4-3-7(13)5-9(8)16-11(10)14-6-15-12/h3-6H,2H2,1H3,(H,14,15,16). The van der Waals surface area contributed by atoms with Crippen molar-refractivity contribution in [1.82, 2.24) is 15.0 Å². The summed E-state index contributed by atoms with van der Waals surface area (Å²) in [5.41, 5.74) is 1.52. The first-order chi connectivity index (χ1) is 8.29. The predicted octanol–water partition coefficient (Wildman–Crippen LogP) is 3.36. The average molecular weight is 247 g/mol. The molecule has 1 aromatic carbocycles. The lowest BCUT2D eigenvalue weighted by Crippen LogP contribution is -1.84. The number of benzene rings is 1. The van der Waals surface area contributed by atoms with Gasteiger partial charge in [0.05, 0.1) is 10.9 Å². The fraction of sp³-hybridized carbons (Fsp3) is 0.167. The van der Waals surface area contributed by atoms with Crippen molar-refractivity contribution in [2.45, 2.75) is 11.9 Å². The Labute approximate surface area is 101 Å². The van der Waals surface area contributed by atoms with Crippen LogP contribution >= 0.6 is 11.8 Å². The summed E-state index contributed by atoms with van der Waals surface area (Å²) in [7, 11) is 0. The number of halogens is 1. The van der Waals surface area contributed by atoms with E-state index < -0.39 is 0 Å². The fourth-order valence-corrected chi connectivity index (χ4v) is 2.66. The lowest BCUT2D eigenvalue weighted by atomic mass is 10.2. The van der Waals surface area contributed by atoms with E-state index in [0.717, 1.165) is 32.7 Å². The molecule has 3 aromatic rings. The molecule has 0 aliphatic heterocycles. The van der Waals surface area contributed by atoms with E-state index >= 15 is 0 Å². The van der Waals surface area contributed by atoms with Gasteiger partial charge in [-0.2, -0.15) is 0 Å². The largest absolute Gasteiger partial charge is 0.339 e. The molecule has 5 heteroatoms. The first kappa shape index (κ1) is 10.5. The molecule has 0 aliphatic rings. The van der Waals surface area contributed by atoms with Gasteiger partial charge in [0.1, 0.15) is 22.8 Å². The third-order valence-electron chi connectivity index (χ3n) is 2.60. The number of rotatable bonds is 2. The Morgan fingerprint density at radius 3 is 3.06 bits per heavy atom. The van der Waals surface area contributed by atoms with Crippen LogP contribution in [0.2, 0.25) is 0 Å². The molecule has 3 rings (SSSR count). The first-order valence-electron chi connectivity index (χ1n) is 5.34. The number of aromatic amines is 1. The number of fused-ring (bicyclic) bond motifs is 3. The highest BCUT2D eigenvalue weighted by atomic mass is 32.2. The second-order valence-electron chi connectivity index (χ2n) is 3.65. The molecule has 0 radical (unpaired) electrons. The van der Waals surface area contributed by atoms with Crippen molar-refractivity contribution in [1.29, 1.82) is 0 Å². The van der Waals surface area contributed by atoms with E-state index in [9.17, 15) is 4.39 Å². The van der Waals surface area contributed by atoms with E-state index in [0.29, 0.717) is 0 Å². The van der Waals surface area contributed by atoms with Gasteiger partial charge >= 0.3 is 0 Å². The van der Waals surface area contributed by atoms with Crippen molar-refractivity contribution in [2.75, 3.05) is 5.75 Å². The molecular weight excluding hydrogens is 237 g/mol. The Morgan fingerprint density at radius 1 is 1.35 bits per heavy atom. The number of aromatic nitrogens is 3. The smallest absolute Gasteiger partial charge is 0.142 e. The van der Waals surface area contributed by atoms with Crippen LogP contribution in [0.15, 0.2) is 29.6 Å². The number of nitrogens with zero attached hydrogens (tertiary/aromatic N) is 2. The SMILES string of the molecule is CCSc1ncnc2[nH]c3cc(F)ccc3c12. The van der Waals surface area contributed by atoms with Crippen molar-refractivity contribution >= 4 is 33.7 Å². The molecule has 0 spiro atoms. The van der Waals surface area contributed by atoms with Crippen molar-refractivity contribution in [3.63, 3.8) is 0 Å². The van der Waals surface area contributed by atoms with Crippen LogP contribution in [0.1, 0.15) is 6.92 Å². The molecule has 0 amide bonds. The summed E-state index contributed by atoms with van der Waals surface area (Å²) in [6.45, 7) is 2.08. The van der Waals surface area contributed by atoms with Gasteiger partial charge in [-0.1, -0.05) is 6.92 Å². The third kappa shape index (κ3) is 1.67. The van der Waals surface area contributed by atoms with Crippen LogP contribution in [0.4, 0.5) is 4.39 Å². The second-order valence-corrected chi connectivity index (χ2v) is 4.90. The number of thioether (sulfide) groups is 1. The van der Waals surface area contributed by atoms with Crippen LogP contribution in [-0.2, 0) is 0 Å². The van der Waals surface area contributed by atoms with E-state index in [2.05, 4.69) is 21.9 Å². The lowest BCUT2D eigenvalue weighted by molar-refractivity contribution is 0.629. The van der Waals surface area contributed by atoms with E-state index in [1.165, 1.54) is 18.5 Å². The summed E-state index contributed by atoms with van der Waals surface area (Å²) in [5, 5.41) is 2.89. The summed E-state index contributed by atoms with van der Waals surface area (Å²) in [6.07, 6.45) is 1.53. The van der Waals surface area contributed by atoms with Gasteiger partial charge in [0, 0.05) is 5.39 Å². The maximum atomic E-state index is 13.2. The Bertz CT molecular complexity index is 693.